The van der Waals surface area contributed by atoms with Gasteiger partial charge in [0, 0.05) is 11.6 Å². The molecule has 1 amide bonds. The molecule has 1 aromatic heterocycles. The van der Waals surface area contributed by atoms with Crippen molar-refractivity contribution in [3.63, 3.8) is 0 Å². The molecule has 116 valence electrons. The Morgan fingerprint density at radius 3 is 2.22 bits per heavy atom. The zero-order valence-electron chi connectivity index (χ0n) is 12.2. The van der Waals surface area contributed by atoms with Crippen LogP contribution in [0.3, 0.4) is 0 Å². The smallest absolute Gasteiger partial charge is 0.236 e. The molecular weight excluding hydrogens is 328 g/mol. The Balaban J connectivity index is 2.27. The minimum absolute atomic E-state index is 0.512. The van der Waals surface area contributed by atoms with Crippen molar-refractivity contribution in [2.45, 2.75) is 10.8 Å². The Labute approximate surface area is 143 Å². The predicted molar refractivity (Wildman–Crippen MR) is 93.6 cm³/mol. The Morgan fingerprint density at radius 1 is 1.09 bits per heavy atom. The quantitative estimate of drug-likeness (QED) is 0.715. The molecule has 3 rings (SSSR count). The molecule has 0 saturated carbocycles. The third-order valence-corrected chi connectivity index (χ3v) is 5.35. The largest absolute Gasteiger partial charge is 0.368 e. The summed E-state index contributed by atoms with van der Waals surface area (Å²) in [6.07, 6.45) is 1.66. The topological polar surface area (TPSA) is 56.0 Å². The molecule has 1 heterocycles. The minimum atomic E-state index is -1.21. The molecule has 0 aliphatic heterocycles. The highest BCUT2D eigenvalue weighted by molar-refractivity contribution is 7.09. The summed E-state index contributed by atoms with van der Waals surface area (Å²) in [6, 6.07) is 18.8. The average molecular weight is 343 g/mol. The first-order valence-electron chi connectivity index (χ1n) is 7.11. The highest BCUT2D eigenvalue weighted by Gasteiger charge is 2.49. The van der Waals surface area contributed by atoms with Gasteiger partial charge in [-0.1, -0.05) is 60.7 Å². The van der Waals surface area contributed by atoms with Crippen LogP contribution in [0, 0.1) is 0 Å². The van der Waals surface area contributed by atoms with Gasteiger partial charge in [0.25, 0.3) is 0 Å². The first-order chi connectivity index (χ1) is 11.2. The van der Waals surface area contributed by atoms with Crippen LogP contribution in [0.25, 0.3) is 0 Å². The van der Waals surface area contributed by atoms with E-state index in [1.165, 1.54) is 11.3 Å². The summed E-state index contributed by atoms with van der Waals surface area (Å²) in [6.45, 7) is 0. The second-order valence-corrected chi connectivity index (χ2v) is 6.48. The van der Waals surface area contributed by atoms with Gasteiger partial charge in [-0.15, -0.1) is 22.9 Å². The zero-order chi connectivity index (χ0) is 16.3. The molecule has 0 aliphatic rings. The summed E-state index contributed by atoms with van der Waals surface area (Å²) < 4.78 is 0. The molecule has 0 fully saturated rings. The lowest BCUT2D eigenvalue weighted by atomic mass is 9.74. The zero-order valence-corrected chi connectivity index (χ0v) is 13.8. The van der Waals surface area contributed by atoms with Gasteiger partial charge in [-0.2, -0.15) is 0 Å². The lowest BCUT2D eigenvalue weighted by molar-refractivity contribution is -0.122. The van der Waals surface area contributed by atoms with Gasteiger partial charge in [0.15, 0.2) is 0 Å². The van der Waals surface area contributed by atoms with E-state index >= 15 is 0 Å². The molecule has 2 atom stereocenters. The summed E-state index contributed by atoms with van der Waals surface area (Å²) in [5.41, 5.74) is 6.23. The third kappa shape index (κ3) is 2.64. The van der Waals surface area contributed by atoms with Gasteiger partial charge in [-0.25, -0.2) is 4.98 Å². The molecule has 2 unspecified atom stereocenters. The van der Waals surface area contributed by atoms with Crippen LogP contribution in [-0.4, -0.2) is 10.9 Å². The number of nitrogens with zero attached hydrogens (tertiary/aromatic N) is 1. The SMILES string of the molecule is NC(=O)C(c1ccccc1)(c1nccs1)C(Cl)c1ccccc1. The van der Waals surface area contributed by atoms with E-state index in [4.69, 9.17) is 17.3 Å². The van der Waals surface area contributed by atoms with E-state index in [0.717, 1.165) is 11.1 Å². The van der Waals surface area contributed by atoms with Crippen molar-refractivity contribution in [2.75, 3.05) is 0 Å². The Bertz CT molecular complexity index is 777. The number of benzene rings is 2. The number of amides is 1. The van der Waals surface area contributed by atoms with Gasteiger partial charge in [0.2, 0.25) is 5.91 Å². The number of carbonyl (C=O) groups is 1. The van der Waals surface area contributed by atoms with Crippen LogP contribution >= 0.6 is 22.9 Å². The molecular formula is C18H15ClN2OS. The molecule has 5 heteroatoms. The number of carbonyl (C=O) groups excluding carboxylic acids is 1. The fourth-order valence-corrected chi connectivity index (χ4v) is 4.18. The van der Waals surface area contributed by atoms with Crippen LogP contribution in [0.15, 0.2) is 72.2 Å². The molecule has 2 aromatic carbocycles. The Kier molecular flexibility index (Phi) is 4.46. The highest BCUT2D eigenvalue weighted by atomic mass is 35.5. The van der Waals surface area contributed by atoms with E-state index < -0.39 is 16.7 Å². The number of alkyl halides is 1. The van der Waals surface area contributed by atoms with Crippen molar-refractivity contribution in [3.8, 4) is 0 Å². The van der Waals surface area contributed by atoms with E-state index in [-0.39, 0.29) is 0 Å². The van der Waals surface area contributed by atoms with E-state index in [9.17, 15) is 4.79 Å². The van der Waals surface area contributed by atoms with Crippen LogP contribution in [0.1, 0.15) is 21.5 Å². The molecule has 0 bridgehead atoms. The van der Waals surface area contributed by atoms with Gasteiger partial charge in [0.1, 0.15) is 10.4 Å². The normalized spacial score (nSPS) is 14.8. The monoisotopic (exact) mass is 342 g/mol. The van der Waals surface area contributed by atoms with Crippen molar-refractivity contribution in [3.05, 3.63) is 88.4 Å². The van der Waals surface area contributed by atoms with Gasteiger partial charge in [0.05, 0.1) is 5.38 Å². The van der Waals surface area contributed by atoms with Gasteiger partial charge < -0.3 is 5.73 Å². The molecule has 3 aromatic rings. The number of halogens is 1. The lowest BCUT2D eigenvalue weighted by Crippen LogP contribution is -2.45. The third-order valence-electron chi connectivity index (χ3n) is 3.86. The number of hydrogen-bond acceptors (Lipinski definition) is 3. The number of hydrogen-bond donors (Lipinski definition) is 1. The predicted octanol–water partition coefficient (Wildman–Crippen LogP) is 3.89. The maximum atomic E-state index is 12.6. The average Bonchev–Trinajstić information content (AvgIpc) is 3.11. The first kappa shape index (κ1) is 15.7. The second kappa shape index (κ2) is 6.52. The molecule has 3 nitrogen and oxygen atoms in total. The fraction of sp³-hybridized carbons (Fsp3) is 0.111. The van der Waals surface area contributed by atoms with Gasteiger partial charge in [-0.3, -0.25) is 4.79 Å². The van der Waals surface area contributed by atoms with Crippen LogP contribution in [0.4, 0.5) is 0 Å². The van der Waals surface area contributed by atoms with Gasteiger partial charge >= 0.3 is 0 Å². The van der Waals surface area contributed by atoms with Crippen molar-refractivity contribution in [1.29, 1.82) is 0 Å². The summed E-state index contributed by atoms with van der Waals surface area (Å²) in [5, 5.41) is 1.76. The van der Waals surface area contributed by atoms with Crippen LogP contribution in [0.5, 0.6) is 0 Å². The van der Waals surface area contributed by atoms with E-state index in [0.29, 0.717) is 5.01 Å². The summed E-state index contributed by atoms with van der Waals surface area (Å²) >= 11 is 8.20. The highest BCUT2D eigenvalue weighted by Crippen LogP contribution is 2.47. The molecule has 23 heavy (non-hydrogen) atoms. The molecule has 0 aliphatic carbocycles. The van der Waals surface area contributed by atoms with E-state index in [2.05, 4.69) is 4.98 Å². The molecule has 0 radical (unpaired) electrons. The second-order valence-electron chi connectivity index (χ2n) is 5.15. The standard InChI is InChI=1S/C18H15ClN2OS/c19-15(13-7-3-1-4-8-13)18(16(20)22,17-21-11-12-23-17)14-9-5-2-6-10-14/h1-12,15H,(H2,20,22). The number of primary amides is 1. The molecule has 0 saturated heterocycles. The number of thiazole rings is 1. The summed E-state index contributed by atoms with van der Waals surface area (Å²) in [7, 11) is 0. The van der Waals surface area contributed by atoms with E-state index in [1.807, 2.05) is 66.0 Å². The van der Waals surface area contributed by atoms with Crippen molar-refractivity contribution >= 4 is 28.8 Å². The molecule has 0 spiro atoms. The van der Waals surface area contributed by atoms with Crippen molar-refractivity contribution in [1.82, 2.24) is 4.98 Å². The van der Waals surface area contributed by atoms with Crippen LogP contribution in [-0.2, 0) is 10.2 Å². The maximum Gasteiger partial charge on any atom is 0.236 e. The van der Waals surface area contributed by atoms with Crippen LogP contribution in [0.2, 0.25) is 0 Å². The van der Waals surface area contributed by atoms with Crippen molar-refractivity contribution < 1.29 is 4.79 Å². The first-order valence-corrected chi connectivity index (χ1v) is 8.43. The Morgan fingerprint density at radius 2 is 1.70 bits per heavy atom. The summed E-state index contributed by atoms with van der Waals surface area (Å²) in [5.74, 6) is -0.512. The molecule has 2 N–H and O–H groups in total. The number of nitrogens with two attached hydrogens (primary N) is 1. The van der Waals surface area contributed by atoms with Crippen molar-refractivity contribution in [2.24, 2.45) is 5.73 Å². The minimum Gasteiger partial charge on any atom is -0.368 e. The number of rotatable bonds is 5. The van der Waals surface area contributed by atoms with E-state index in [1.54, 1.807) is 6.20 Å². The van der Waals surface area contributed by atoms with Gasteiger partial charge in [-0.05, 0) is 11.1 Å². The Hall–Kier alpha value is -2.17. The lowest BCUT2D eigenvalue weighted by Gasteiger charge is -2.34. The fourth-order valence-electron chi connectivity index (χ4n) is 2.74. The summed E-state index contributed by atoms with van der Waals surface area (Å²) in [4.78, 5) is 17.0. The van der Waals surface area contributed by atoms with Crippen LogP contribution < -0.4 is 5.73 Å². The number of aromatic nitrogens is 1. The maximum absolute atomic E-state index is 12.6.